The molecule has 0 unspecified atom stereocenters. The van der Waals surface area contributed by atoms with Crippen molar-refractivity contribution in [2.24, 2.45) is 11.8 Å². The number of hydrogen-bond acceptors (Lipinski definition) is 3. The van der Waals surface area contributed by atoms with E-state index >= 15 is 0 Å². The SMILES string of the molecule is Cc1cc(N)c(NC(=O)C(C)C)cc1N1CCC[C@@H](C)C1. The first-order valence-corrected chi connectivity index (χ1v) is 7.84. The fourth-order valence-electron chi connectivity index (χ4n) is 2.85. The summed E-state index contributed by atoms with van der Waals surface area (Å²) < 4.78 is 0. The number of nitrogens with two attached hydrogens (primary N) is 1. The van der Waals surface area contributed by atoms with Gasteiger partial charge in [-0.05, 0) is 43.4 Å². The van der Waals surface area contributed by atoms with Crippen LogP contribution in [0.3, 0.4) is 0 Å². The van der Waals surface area contributed by atoms with E-state index in [1.807, 2.05) is 26.0 Å². The number of anilines is 3. The topological polar surface area (TPSA) is 58.4 Å². The molecule has 1 aromatic carbocycles. The smallest absolute Gasteiger partial charge is 0.226 e. The van der Waals surface area contributed by atoms with Gasteiger partial charge in [-0.15, -0.1) is 0 Å². The molecule has 21 heavy (non-hydrogen) atoms. The Labute approximate surface area is 127 Å². The maximum Gasteiger partial charge on any atom is 0.226 e. The van der Waals surface area contributed by atoms with Crippen LogP contribution in [-0.4, -0.2) is 19.0 Å². The van der Waals surface area contributed by atoms with Crippen molar-refractivity contribution in [3.63, 3.8) is 0 Å². The summed E-state index contributed by atoms with van der Waals surface area (Å²) in [6, 6.07) is 3.99. The van der Waals surface area contributed by atoms with E-state index in [2.05, 4.69) is 24.1 Å². The summed E-state index contributed by atoms with van der Waals surface area (Å²) >= 11 is 0. The first-order valence-electron chi connectivity index (χ1n) is 7.84. The molecule has 1 amide bonds. The summed E-state index contributed by atoms with van der Waals surface area (Å²) in [4.78, 5) is 14.3. The van der Waals surface area contributed by atoms with Crippen LogP contribution in [0, 0.1) is 18.8 Å². The maximum absolute atomic E-state index is 11.9. The first kappa shape index (κ1) is 15.7. The summed E-state index contributed by atoms with van der Waals surface area (Å²) in [5.41, 5.74) is 9.79. The number of amides is 1. The average molecular weight is 289 g/mol. The average Bonchev–Trinajstić information content (AvgIpc) is 2.41. The number of nitrogens with zero attached hydrogens (tertiary/aromatic N) is 1. The molecular weight excluding hydrogens is 262 g/mol. The van der Waals surface area contributed by atoms with E-state index in [1.54, 1.807) is 0 Å². The second-order valence-electron chi connectivity index (χ2n) is 6.56. The molecule has 4 nitrogen and oxygen atoms in total. The van der Waals surface area contributed by atoms with Crippen LogP contribution in [0.15, 0.2) is 12.1 Å². The molecule has 3 N–H and O–H groups in total. The number of rotatable bonds is 3. The van der Waals surface area contributed by atoms with Crippen LogP contribution < -0.4 is 16.0 Å². The molecule has 4 heteroatoms. The third-order valence-electron chi connectivity index (χ3n) is 4.15. The third kappa shape index (κ3) is 3.69. The Kier molecular flexibility index (Phi) is 4.76. The van der Waals surface area contributed by atoms with Gasteiger partial charge in [0.05, 0.1) is 11.4 Å². The van der Waals surface area contributed by atoms with Gasteiger partial charge < -0.3 is 16.0 Å². The van der Waals surface area contributed by atoms with E-state index in [9.17, 15) is 4.79 Å². The van der Waals surface area contributed by atoms with Crippen molar-refractivity contribution in [2.75, 3.05) is 29.0 Å². The Morgan fingerprint density at radius 2 is 2.14 bits per heavy atom. The Hall–Kier alpha value is -1.71. The van der Waals surface area contributed by atoms with Crippen molar-refractivity contribution >= 4 is 23.0 Å². The van der Waals surface area contributed by atoms with E-state index in [4.69, 9.17) is 5.73 Å². The highest BCUT2D eigenvalue weighted by molar-refractivity contribution is 5.96. The van der Waals surface area contributed by atoms with Gasteiger partial charge in [-0.2, -0.15) is 0 Å². The minimum absolute atomic E-state index is 0.00325. The van der Waals surface area contributed by atoms with E-state index in [-0.39, 0.29) is 11.8 Å². The molecule has 1 atom stereocenters. The Morgan fingerprint density at radius 3 is 2.76 bits per heavy atom. The van der Waals surface area contributed by atoms with Crippen LogP contribution in [0.4, 0.5) is 17.1 Å². The quantitative estimate of drug-likeness (QED) is 0.838. The van der Waals surface area contributed by atoms with Crippen molar-refractivity contribution in [2.45, 2.75) is 40.5 Å². The molecule has 1 aliphatic heterocycles. The van der Waals surface area contributed by atoms with Crippen LogP contribution in [0.5, 0.6) is 0 Å². The monoisotopic (exact) mass is 289 g/mol. The zero-order chi connectivity index (χ0) is 15.6. The predicted octanol–water partition coefficient (Wildman–Crippen LogP) is 3.41. The molecule has 1 aliphatic rings. The van der Waals surface area contributed by atoms with Crippen molar-refractivity contribution in [3.05, 3.63) is 17.7 Å². The molecule has 1 heterocycles. The van der Waals surface area contributed by atoms with Gasteiger partial charge >= 0.3 is 0 Å². The van der Waals surface area contributed by atoms with E-state index in [0.717, 1.165) is 18.8 Å². The Bertz CT molecular complexity index is 525. The maximum atomic E-state index is 11.9. The van der Waals surface area contributed by atoms with E-state index in [1.165, 1.54) is 24.1 Å². The lowest BCUT2D eigenvalue weighted by atomic mass is 9.98. The second-order valence-corrected chi connectivity index (χ2v) is 6.56. The number of nitrogen functional groups attached to an aromatic ring is 1. The molecule has 1 fully saturated rings. The summed E-state index contributed by atoms with van der Waals surface area (Å²) in [5.74, 6) is 0.664. The molecule has 0 spiro atoms. The molecule has 116 valence electrons. The van der Waals surface area contributed by atoms with Gasteiger partial charge in [0.15, 0.2) is 0 Å². The highest BCUT2D eigenvalue weighted by Gasteiger charge is 2.19. The summed E-state index contributed by atoms with van der Waals surface area (Å²) in [6.45, 7) is 10.3. The van der Waals surface area contributed by atoms with E-state index in [0.29, 0.717) is 11.6 Å². The lowest BCUT2D eigenvalue weighted by molar-refractivity contribution is -0.118. The molecule has 1 aromatic rings. The van der Waals surface area contributed by atoms with Crippen LogP contribution in [-0.2, 0) is 4.79 Å². The summed E-state index contributed by atoms with van der Waals surface area (Å²) in [7, 11) is 0. The molecule has 0 bridgehead atoms. The summed E-state index contributed by atoms with van der Waals surface area (Å²) in [5, 5.41) is 2.94. The number of carbonyl (C=O) groups excluding carboxylic acids is 1. The number of carbonyl (C=O) groups is 1. The highest BCUT2D eigenvalue weighted by atomic mass is 16.1. The molecule has 0 aliphatic carbocycles. The van der Waals surface area contributed by atoms with Gasteiger partial charge in [0.1, 0.15) is 0 Å². The molecule has 1 saturated heterocycles. The van der Waals surface area contributed by atoms with Crippen molar-refractivity contribution in [1.29, 1.82) is 0 Å². The number of aryl methyl sites for hydroxylation is 1. The second kappa shape index (κ2) is 6.37. The fourth-order valence-corrected chi connectivity index (χ4v) is 2.85. The van der Waals surface area contributed by atoms with Crippen LogP contribution in [0.25, 0.3) is 0 Å². The number of piperidine rings is 1. The van der Waals surface area contributed by atoms with E-state index < -0.39 is 0 Å². The highest BCUT2D eigenvalue weighted by Crippen LogP contribution is 2.32. The number of hydrogen-bond donors (Lipinski definition) is 2. The third-order valence-corrected chi connectivity index (χ3v) is 4.15. The first-order chi connectivity index (χ1) is 9.88. The number of nitrogens with one attached hydrogen (secondary N) is 1. The lowest BCUT2D eigenvalue weighted by Crippen LogP contribution is -2.34. The van der Waals surface area contributed by atoms with Gasteiger partial charge in [0.2, 0.25) is 5.91 Å². The molecule has 2 rings (SSSR count). The van der Waals surface area contributed by atoms with Gasteiger partial charge in [-0.1, -0.05) is 20.8 Å². The number of benzene rings is 1. The van der Waals surface area contributed by atoms with Gasteiger partial charge in [-0.25, -0.2) is 0 Å². The van der Waals surface area contributed by atoms with Crippen LogP contribution in [0.2, 0.25) is 0 Å². The fraction of sp³-hybridized carbons (Fsp3) is 0.588. The predicted molar refractivity (Wildman–Crippen MR) is 89.7 cm³/mol. The standard InChI is InChI=1S/C17H27N3O/c1-11(2)17(21)19-15-9-16(13(4)8-14(15)18)20-7-5-6-12(3)10-20/h8-9,11-12H,5-7,10,18H2,1-4H3,(H,19,21)/t12-/m1/s1. The minimum Gasteiger partial charge on any atom is -0.397 e. The molecule has 0 aromatic heterocycles. The lowest BCUT2D eigenvalue weighted by Gasteiger charge is -2.34. The van der Waals surface area contributed by atoms with Gasteiger partial charge in [-0.3, -0.25) is 4.79 Å². The van der Waals surface area contributed by atoms with Crippen LogP contribution >= 0.6 is 0 Å². The Balaban J connectivity index is 2.27. The zero-order valence-corrected chi connectivity index (χ0v) is 13.6. The van der Waals surface area contributed by atoms with Gasteiger partial charge in [0, 0.05) is 24.7 Å². The normalized spacial score (nSPS) is 18.9. The van der Waals surface area contributed by atoms with Gasteiger partial charge in [0.25, 0.3) is 0 Å². The van der Waals surface area contributed by atoms with Crippen molar-refractivity contribution in [1.82, 2.24) is 0 Å². The van der Waals surface area contributed by atoms with Crippen LogP contribution in [0.1, 0.15) is 39.2 Å². The molecule has 0 saturated carbocycles. The summed E-state index contributed by atoms with van der Waals surface area (Å²) in [6.07, 6.45) is 2.51. The van der Waals surface area contributed by atoms with Crippen molar-refractivity contribution < 1.29 is 4.79 Å². The van der Waals surface area contributed by atoms with Crippen molar-refractivity contribution in [3.8, 4) is 0 Å². The Morgan fingerprint density at radius 1 is 1.43 bits per heavy atom. The minimum atomic E-state index is -0.0517. The largest absolute Gasteiger partial charge is 0.397 e. The zero-order valence-electron chi connectivity index (χ0n) is 13.6. The molecule has 0 radical (unpaired) electrons. The molecular formula is C17H27N3O.